The fourth-order valence-electron chi connectivity index (χ4n) is 6.31. The van der Waals surface area contributed by atoms with Gasteiger partial charge in [-0.1, -0.05) is 6.92 Å². The summed E-state index contributed by atoms with van der Waals surface area (Å²) in [7, 11) is 0. The molecule has 0 spiro atoms. The van der Waals surface area contributed by atoms with Crippen LogP contribution >= 0.6 is 11.8 Å². The number of carbonyl (C=O) groups is 5. The summed E-state index contributed by atoms with van der Waals surface area (Å²) in [6, 6.07) is 0. The molecule has 0 bridgehead atoms. The normalized spacial score (nSPS) is 27.2. The molecule has 0 aromatic heterocycles. The number of ether oxygens (including phenoxy) is 8. The van der Waals surface area contributed by atoms with Crippen LogP contribution in [0.1, 0.15) is 53.9 Å². The summed E-state index contributed by atoms with van der Waals surface area (Å²) in [5.74, 6) is -49.9. The van der Waals surface area contributed by atoms with Crippen LogP contribution in [-0.4, -0.2) is 202 Å². The number of carbonyl (C=O) groups excluding carboxylic acids is 5. The number of halogens is 12. The molecular formula is C37H51F12NO18S. The van der Waals surface area contributed by atoms with Crippen LogP contribution < -0.4 is 5.32 Å². The van der Waals surface area contributed by atoms with E-state index in [1.54, 1.807) is 0 Å². The van der Waals surface area contributed by atoms with Gasteiger partial charge in [0.25, 0.3) is 0 Å². The lowest BCUT2D eigenvalue weighted by molar-refractivity contribution is -0.425. The van der Waals surface area contributed by atoms with E-state index in [1.807, 2.05) is 0 Å². The fraction of sp³-hybridized carbons (Fsp3) is 0.865. The summed E-state index contributed by atoms with van der Waals surface area (Å²) < 4.78 is 212. The van der Waals surface area contributed by atoms with E-state index in [1.165, 1.54) is 0 Å². The number of aliphatic hydroxyl groups is 5. The molecule has 69 heavy (non-hydrogen) atoms. The summed E-state index contributed by atoms with van der Waals surface area (Å²) in [4.78, 5) is 61.6. The van der Waals surface area contributed by atoms with E-state index >= 15 is 0 Å². The maximum Gasteiger partial charge on any atom is 0.384 e. The highest BCUT2D eigenvalue weighted by atomic mass is 32.2. The molecule has 19 nitrogen and oxygen atoms in total. The standard InChI is InChI=1S/C37H51F12NO18S/c1-6-32(38,39)34(42,43)36(46,47)37(48,49)35(44,45)33(40,41)8-10-69-9-7-22(57)50-31(13-52,14-62-29-25(60)24(59)23(58)20(11-51)67-29)15-63-30-28(66-19(5)56)27(65-18(4)55)26(64-17(3)54)21(68-30)12-61-16(2)53/h20-21,23-30,51-52,58-60H,6-15H2,1-5H3,(H,50,57)/t20-,21-,23+,24+,25-,26+,27+,28-,29-,30-,31?/m1/s1. The van der Waals surface area contributed by atoms with Gasteiger partial charge in [0.1, 0.15) is 42.7 Å². The summed E-state index contributed by atoms with van der Waals surface area (Å²) in [5, 5.41) is 53.4. The van der Waals surface area contributed by atoms with Crippen molar-refractivity contribution < 1.29 is 140 Å². The zero-order valence-corrected chi connectivity index (χ0v) is 37.6. The molecule has 402 valence electrons. The number of hydrogen-bond donors (Lipinski definition) is 6. The van der Waals surface area contributed by atoms with Crippen molar-refractivity contribution in [1.82, 2.24) is 5.32 Å². The van der Waals surface area contributed by atoms with Crippen LogP contribution in [0, 0.1) is 0 Å². The van der Waals surface area contributed by atoms with Crippen molar-refractivity contribution in [3.8, 4) is 0 Å². The number of hydrogen-bond acceptors (Lipinski definition) is 19. The first-order valence-electron chi connectivity index (χ1n) is 20.1. The Morgan fingerprint density at radius 1 is 0.594 bits per heavy atom. The third-order valence-electron chi connectivity index (χ3n) is 10.1. The molecule has 2 heterocycles. The summed E-state index contributed by atoms with van der Waals surface area (Å²) in [6.07, 6.45) is -24.4. The zero-order chi connectivity index (χ0) is 53.3. The van der Waals surface area contributed by atoms with E-state index in [9.17, 15) is 102 Å². The van der Waals surface area contributed by atoms with Crippen molar-refractivity contribution in [2.75, 3.05) is 44.5 Å². The molecule has 1 unspecified atom stereocenters. The topological polar surface area (TPSA) is 272 Å². The Kier molecular flexibility index (Phi) is 21.7. The lowest BCUT2D eigenvalue weighted by Gasteiger charge is -2.45. The Bertz CT molecular complexity index is 1760. The number of esters is 4. The van der Waals surface area contributed by atoms with Gasteiger partial charge in [-0.05, 0) is 5.75 Å². The molecule has 1 amide bonds. The van der Waals surface area contributed by atoms with E-state index in [4.69, 9.17) is 37.9 Å². The minimum Gasteiger partial charge on any atom is -0.463 e. The van der Waals surface area contributed by atoms with Crippen molar-refractivity contribution in [1.29, 1.82) is 0 Å². The molecule has 0 aromatic carbocycles. The SMILES string of the molecule is CCC(F)(F)C(F)(F)C(F)(F)C(F)(F)C(F)(F)C(F)(F)CCSCCC(=O)NC(CO)(CO[C@@H]1O[C@H](CO)[C@H](O)[C@H](O)[C@H]1O)CO[C@@H]1O[C@H](COC(C)=O)[C@H](OC(C)=O)[C@H](OC(C)=O)[C@H]1OC(C)=O. The van der Waals surface area contributed by atoms with Gasteiger partial charge < -0.3 is 68.7 Å². The fourth-order valence-corrected chi connectivity index (χ4v) is 7.25. The van der Waals surface area contributed by atoms with Crippen molar-refractivity contribution in [3.63, 3.8) is 0 Å². The molecule has 2 aliphatic rings. The minimum absolute atomic E-state index is 0.0779. The van der Waals surface area contributed by atoms with E-state index < -0.39 is 196 Å². The Labute approximate surface area is 387 Å². The Morgan fingerprint density at radius 2 is 1.07 bits per heavy atom. The minimum atomic E-state index is -7.76. The molecule has 2 aliphatic heterocycles. The van der Waals surface area contributed by atoms with Gasteiger partial charge in [-0.2, -0.15) is 64.4 Å². The summed E-state index contributed by atoms with van der Waals surface area (Å²) in [6.45, 7) is -1.52. The quantitative estimate of drug-likeness (QED) is 0.0310. The predicted octanol–water partition coefficient (Wildman–Crippen LogP) is 1.49. The van der Waals surface area contributed by atoms with Gasteiger partial charge >= 0.3 is 59.4 Å². The first-order valence-corrected chi connectivity index (χ1v) is 21.3. The van der Waals surface area contributed by atoms with Crippen LogP contribution in [0.15, 0.2) is 0 Å². The van der Waals surface area contributed by atoms with Crippen molar-refractivity contribution >= 4 is 41.5 Å². The first kappa shape index (κ1) is 61.6. The van der Waals surface area contributed by atoms with Crippen molar-refractivity contribution in [3.05, 3.63) is 0 Å². The maximum atomic E-state index is 14.5. The highest BCUT2D eigenvalue weighted by Gasteiger charge is 2.89. The largest absolute Gasteiger partial charge is 0.463 e. The lowest BCUT2D eigenvalue weighted by Crippen LogP contribution is -2.70. The van der Waals surface area contributed by atoms with Crippen LogP contribution in [0.4, 0.5) is 52.7 Å². The molecule has 0 radical (unpaired) electrons. The van der Waals surface area contributed by atoms with Crippen molar-refractivity contribution in [2.45, 2.75) is 156 Å². The highest BCUT2D eigenvalue weighted by Crippen LogP contribution is 2.61. The molecule has 0 aliphatic carbocycles. The Morgan fingerprint density at radius 3 is 1.55 bits per heavy atom. The molecule has 32 heteroatoms. The van der Waals surface area contributed by atoms with Crippen molar-refractivity contribution in [2.24, 2.45) is 0 Å². The summed E-state index contributed by atoms with van der Waals surface area (Å²) >= 11 is 0.0779. The highest BCUT2D eigenvalue weighted by molar-refractivity contribution is 7.99. The molecule has 6 N–H and O–H groups in total. The molecule has 2 rings (SSSR count). The number of amides is 1. The average molecular weight is 1060 g/mol. The second-order valence-electron chi connectivity index (χ2n) is 15.5. The zero-order valence-electron chi connectivity index (χ0n) is 36.8. The Hall–Kier alpha value is -3.50. The second-order valence-corrected chi connectivity index (χ2v) is 16.8. The molecule has 11 atom stereocenters. The van der Waals surface area contributed by atoms with Gasteiger partial charge in [0, 0.05) is 52.7 Å². The first-order chi connectivity index (χ1) is 31.5. The van der Waals surface area contributed by atoms with E-state index in [0.29, 0.717) is 0 Å². The van der Waals surface area contributed by atoms with Crippen LogP contribution in [0.5, 0.6) is 0 Å². The lowest BCUT2D eigenvalue weighted by atomic mass is 9.90. The van der Waals surface area contributed by atoms with Crippen LogP contribution in [0.2, 0.25) is 0 Å². The van der Waals surface area contributed by atoms with Crippen LogP contribution in [0.25, 0.3) is 0 Å². The average Bonchev–Trinajstić information content (AvgIpc) is 3.24. The van der Waals surface area contributed by atoms with Crippen LogP contribution in [-0.2, 0) is 61.9 Å². The van der Waals surface area contributed by atoms with E-state index in [-0.39, 0.29) is 18.7 Å². The van der Waals surface area contributed by atoms with Gasteiger partial charge in [0.2, 0.25) is 5.91 Å². The Balaban J connectivity index is 2.43. The second kappa shape index (κ2) is 24.3. The van der Waals surface area contributed by atoms with E-state index in [2.05, 4.69) is 5.32 Å². The van der Waals surface area contributed by atoms with Gasteiger partial charge in [-0.3, -0.25) is 24.0 Å². The molecule has 0 saturated carbocycles. The van der Waals surface area contributed by atoms with E-state index in [0.717, 1.165) is 27.7 Å². The smallest absolute Gasteiger partial charge is 0.384 e. The third-order valence-corrected chi connectivity index (χ3v) is 11.1. The number of rotatable bonds is 26. The molecule has 2 saturated heterocycles. The van der Waals surface area contributed by atoms with Gasteiger partial charge in [-0.25, -0.2) is 0 Å². The number of aliphatic hydroxyl groups excluding tert-OH is 5. The predicted molar refractivity (Wildman–Crippen MR) is 202 cm³/mol. The van der Waals surface area contributed by atoms with Gasteiger partial charge in [0.15, 0.2) is 30.9 Å². The van der Waals surface area contributed by atoms with Crippen LogP contribution in [0.3, 0.4) is 0 Å². The maximum absolute atomic E-state index is 14.5. The van der Waals surface area contributed by atoms with Gasteiger partial charge in [-0.15, -0.1) is 0 Å². The molecule has 2 fully saturated rings. The van der Waals surface area contributed by atoms with Gasteiger partial charge in [0.05, 0.1) is 26.4 Å². The summed E-state index contributed by atoms with van der Waals surface area (Å²) in [5.41, 5.74) is -2.40. The number of alkyl halides is 12. The molecule has 0 aromatic rings. The number of nitrogens with one attached hydrogen (secondary N) is 1. The monoisotopic (exact) mass is 1060 g/mol. The number of thioether (sulfide) groups is 1. The molecular weight excluding hydrogens is 1010 g/mol. The third kappa shape index (κ3) is 14.4.